The molecule has 2 aromatic carbocycles. The van der Waals surface area contributed by atoms with Crippen molar-refractivity contribution in [1.29, 1.82) is 0 Å². The Balaban J connectivity index is 1.61. The van der Waals surface area contributed by atoms with Gasteiger partial charge in [0.15, 0.2) is 0 Å². The molecule has 0 saturated carbocycles. The number of anilines is 2. The maximum atomic E-state index is 12.1. The summed E-state index contributed by atoms with van der Waals surface area (Å²) in [5.74, 6) is -0.624. The number of hydrogen-bond acceptors (Lipinski definition) is 4. The Bertz CT molecular complexity index is 887. The Morgan fingerprint density at radius 1 is 1.15 bits per heavy atom. The standard InChI is InChI=1S/C21H20N2O4/c1-27-21(26)16-4-2-5-17(14-16)22-19(24)12-9-15-7-10-18(11-8-15)23-13-3-6-20(23)25/h2,4-5,7-12,14H,3,6,13H2,1H3,(H,22,24)/b12-9+. The summed E-state index contributed by atoms with van der Waals surface area (Å²) in [5.41, 5.74) is 2.60. The topological polar surface area (TPSA) is 75.7 Å². The molecule has 3 rings (SSSR count). The maximum absolute atomic E-state index is 12.1. The summed E-state index contributed by atoms with van der Waals surface area (Å²) in [5, 5.41) is 2.71. The van der Waals surface area contributed by atoms with Crippen LogP contribution in [0.4, 0.5) is 11.4 Å². The average Bonchev–Trinajstić information content (AvgIpc) is 3.12. The number of rotatable bonds is 5. The van der Waals surface area contributed by atoms with Crippen LogP contribution in [0.25, 0.3) is 6.08 Å². The molecule has 0 bridgehead atoms. The lowest BCUT2D eigenvalue weighted by atomic mass is 10.1. The van der Waals surface area contributed by atoms with Crippen molar-refractivity contribution in [3.05, 3.63) is 65.7 Å². The number of methoxy groups -OCH3 is 1. The minimum Gasteiger partial charge on any atom is -0.465 e. The molecule has 1 aliphatic rings. The summed E-state index contributed by atoms with van der Waals surface area (Å²) >= 11 is 0. The lowest BCUT2D eigenvalue weighted by Crippen LogP contribution is -2.23. The molecular weight excluding hydrogens is 344 g/mol. The van der Waals surface area contributed by atoms with E-state index in [0.717, 1.165) is 24.2 Å². The van der Waals surface area contributed by atoms with Gasteiger partial charge in [-0.1, -0.05) is 18.2 Å². The van der Waals surface area contributed by atoms with Gasteiger partial charge in [0.1, 0.15) is 0 Å². The molecule has 0 unspecified atom stereocenters. The van der Waals surface area contributed by atoms with Crippen molar-refractivity contribution >= 4 is 35.2 Å². The minimum atomic E-state index is -0.460. The van der Waals surface area contributed by atoms with E-state index in [-0.39, 0.29) is 11.8 Å². The van der Waals surface area contributed by atoms with Gasteiger partial charge in [-0.05, 0) is 48.4 Å². The van der Waals surface area contributed by atoms with Gasteiger partial charge >= 0.3 is 5.97 Å². The van der Waals surface area contributed by atoms with Gasteiger partial charge in [-0.15, -0.1) is 0 Å². The first-order valence-electron chi connectivity index (χ1n) is 8.65. The second-order valence-electron chi connectivity index (χ2n) is 6.14. The molecule has 0 radical (unpaired) electrons. The zero-order chi connectivity index (χ0) is 19.2. The summed E-state index contributed by atoms with van der Waals surface area (Å²) < 4.78 is 4.66. The monoisotopic (exact) mass is 364 g/mol. The van der Waals surface area contributed by atoms with E-state index in [9.17, 15) is 14.4 Å². The number of ether oxygens (including phenoxy) is 1. The van der Waals surface area contributed by atoms with Gasteiger partial charge in [-0.25, -0.2) is 4.79 Å². The minimum absolute atomic E-state index is 0.145. The first-order chi connectivity index (χ1) is 13.1. The highest BCUT2D eigenvalue weighted by atomic mass is 16.5. The lowest BCUT2D eigenvalue weighted by Gasteiger charge is -2.15. The third-order valence-corrected chi connectivity index (χ3v) is 4.26. The van der Waals surface area contributed by atoms with Crippen molar-refractivity contribution in [2.75, 3.05) is 23.9 Å². The van der Waals surface area contributed by atoms with Crippen molar-refractivity contribution in [3.63, 3.8) is 0 Å². The fourth-order valence-electron chi connectivity index (χ4n) is 2.88. The fraction of sp³-hybridized carbons (Fsp3) is 0.190. The van der Waals surface area contributed by atoms with Crippen LogP contribution in [0.15, 0.2) is 54.6 Å². The zero-order valence-corrected chi connectivity index (χ0v) is 15.0. The Labute approximate surface area is 157 Å². The SMILES string of the molecule is COC(=O)c1cccc(NC(=O)/C=C/c2ccc(N3CCCC3=O)cc2)c1. The van der Waals surface area contributed by atoms with E-state index in [1.807, 2.05) is 24.3 Å². The molecule has 2 aromatic rings. The van der Waals surface area contributed by atoms with Crippen LogP contribution in [0.2, 0.25) is 0 Å². The molecule has 6 heteroatoms. The summed E-state index contributed by atoms with van der Waals surface area (Å²) in [4.78, 5) is 37.2. The molecule has 0 spiro atoms. The molecule has 1 saturated heterocycles. The Morgan fingerprint density at radius 2 is 1.93 bits per heavy atom. The Kier molecular flexibility index (Phi) is 5.66. The van der Waals surface area contributed by atoms with Crippen LogP contribution in [-0.4, -0.2) is 31.4 Å². The molecule has 6 nitrogen and oxygen atoms in total. The molecule has 1 N–H and O–H groups in total. The highest BCUT2D eigenvalue weighted by molar-refractivity contribution is 6.02. The second kappa shape index (κ2) is 8.31. The predicted molar refractivity (Wildman–Crippen MR) is 103 cm³/mol. The first-order valence-corrected chi connectivity index (χ1v) is 8.65. The Hall–Kier alpha value is -3.41. The third-order valence-electron chi connectivity index (χ3n) is 4.26. The number of carbonyl (C=O) groups excluding carboxylic acids is 3. The van der Waals surface area contributed by atoms with Crippen molar-refractivity contribution < 1.29 is 19.1 Å². The van der Waals surface area contributed by atoms with Gasteiger partial charge in [-0.3, -0.25) is 9.59 Å². The van der Waals surface area contributed by atoms with Gasteiger partial charge in [0, 0.05) is 30.4 Å². The van der Waals surface area contributed by atoms with Crippen molar-refractivity contribution in [2.45, 2.75) is 12.8 Å². The summed E-state index contributed by atoms with van der Waals surface area (Å²) in [7, 11) is 1.31. The number of nitrogens with zero attached hydrogens (tertiary/aromatic N) is 1. The fourth-order valence-corrected chi connectivity index (χ4v) is 2.88. The van der Waals surface area contributed by atoms with Gasteiger partial charge < -0.3 is 15.0 Å². The van der Waals surface area contributed by atoms with E-state index in [1.165, 1.54) is 13.2 Å². The molecule has 138 valence electrons. The molecular formula is C21H20N2O4. The maximum Gasteiger partial charge on any atom is 0.337 e. The van der Waals surface area contributed by atoms with Crippen molar-refractivity contribution in [2.24, 2.45) is 0 Å². The van der Waals surface area contributed by atoms with Crippen LogP contribution in [-0.2, 0) is 14.3 Å². The molecule has 0 aromatic heterocycles. The van der Waals surface area contributed by atoms with Crippen molar-refractivity contribution in [3.8, 4) is 0 Å². The van der Waals surface area contributed by atoms with E-state index in [0.29, 0.717) is 17.7 Å². The highest BCUT2D eigenvalue weighted by Crippen LogP contribution is 2.22. The number of benzene rings is 2. The van der Waals surface area contributed by atoms with Gasteiger partial charge in [0.05, 0.1) is 12.7 Å². The summed E-state index contributed by atoms with van der Waals surface area (Å²) in [6.07, 6.45) is 4.59. The van der Waals surface area contributed by atoms with Crippen LogP contribution < -0.4 is 10.2 Å². The van der Waals surface area contributed by atoms with Gasteiger partial charge in [0.2, 0.25) is 11.8 Å². The number of amides is 2. The molecule has 1 heterocycles. The average molecular weight is 364 g/mol. The third kappa shape index (κ3) is 4.61. The van der Waals surface area contributed by atoms with Crippen LogP contribution >= 0.6 is 0 Å². The number of hydrogen-bond donors (Lipinski definition) is 1. The normalized spacial score (nSPS) is 13.8. The predicted octanol–water partition coefficient (Wildman–Crippen LogP) is 3.25. The van der Waals surface area contributed by atoms with E-state index in [1.54, 1.807) is 35.2 Å². The Morgan fingerprint density at radius 3 is 2.59 bits per heavy atom. The molecule has 27 heavy (non-hydrogen) atoms. The van der Waals surface area contributed by atoms with Gasteiger partial charge in [0.25, 0.3) is 0 Å². The summed E-state index contributed by atoms with van der Waals surface area (Å²) in [6, 6.07) is 14.0. The zero-order valence-electron chi connectivity index (χ0n) is 15.0. The van der Waals surface area contributed by atoms with Crippen LogP contribution in [0.3, 0.4) is 0 Å². The smallest absolute Gasteiger partial charge is 0.337 e. The number of esters is 1. The number of carbonyl (C=O) groups is 3. The molecule has 0 atom stereocenters. The van der Waals surface area contributed by atoms with Crippen LogP contribution in [0.1, 0.15) is 28.8 Å². The van der Waals surface area contributed by atoms with E-state index in [4.69, 9.17) is 0 Å². The molecule has 0 aliphatic carbocycles. The molecule has 1 fully saturated rings. The number of nitrogens with one attached hydrogen (secondary N) is 1. The van der Waals surface area contributed by atoms with Crippen LogP contribution in [0, 0.1) is 0 Å². The van der Waals surface area contributed by atoms with Crippen LogP contribution in [0.5, 0.6) is 0 Å². The first kappa shape index (κ1) is 18.4. The van der Waals surface area contributed by atoms with E-state index in [2.05, 4.69) is 10.1 Å². The van der Waals surface area contributed by atoms with E-state index < -0.39 is 5.97 Å². The highest BCUT2D eigenvalue weighted by Gasteiger charge is 2.21. The van der Waals surface area contributed by atoms with Crippen molar-refractivity contribution in [1.82, 2.24) is 0 Å². The largest absolute Gasteiger partial charge is 0.465 e. The quantitative estimate of drug-likeness (QED) is 0.653. The van der Waals surface area contributed by atoms with E-state index >= 15 is 0 Å². The second-order valence-corrected chi connectivity index (χ2v) is 6.14. The molecule has 1 aliphatic heterocycles. The molecule has 2 amide bonds. The van der Waals surface area contributed by atoms with Gasteiger partial charge in [-0.2, -0.15) is 0 Å². The summed E-state index contributed by atoms with van der Waals surface area (Å²) in [6.45, 7) is 0.751. The lowest BCUT2D eigenvalue weighted by molar-refractivity contribution is -0.117.